The summed E-state index contributed by atoms with van der Waals surface area (Å²) < 4.78 is 0. The van der Waals surface area contributed by atoms with Crippen molar-refractivity contribution >= 4 is 40.0 Å². The maximum atomic E-state index is 13.5. The zero-order chi connectivity index (χ0) is 20.6. The number of aromatic amines is 1. The van der Waals surface area contributed by atoms with E-state index >= 15 is 0 Å². The molecule has 1 aliphatic heterocycles. The molecule has 148 valence electrons. The largest absolute Gasteiger partial charge is 0.350 e. The number of nitriles is 1. The summed E-state index contributed by atoms with van der Waals surface area (Å²) in [6.45, 7) is 1.53. The van der Waals surface area contributed by atoms with Crippen LogP contribution in [0.5, 0.6) is 0 Å². The predicted octanol–water partition coefficient (Wildman–Crippen LogP) is 4.70. The zero-order valence-corrected chi connectivity index (χ0v) is 17.4. The lowest BCUT2D eigenvalue weighted by Gasteiger charge is -2.45. The molecule has 0 aliphatic carbocycles. The molecule has 2 aromatic carbocycles. The number of hydrogen-bond donors (Lipinski definition) is 2. The van der Waals surface area contributed by atoms with Crippen molar-refractivity contribution in [1.82, 2.24) is 15.2 Å². The maximum absolute atomic E-state index is 13.5. The molecule has 2 N–H and O–H groups in total. The van der Waals surface area contributed by atoms with E-state index in [1.807, 2.05) is 31.3 Å². The van der Waals surface area contributed by atoms with Crippen molar-refractivity contribution in [2.24, 2.45) is 0 Å². The zero-order valence-electron chi connectivity index (χ0n) is 15.9. The van der Waals surface area contributed by atoms with Crippen LogP contribution in [-0.2, 0) is 5.54 Å². The van der Waals surface area contributed by atoms with Crippen molar-refractivity contribution in [3.63, 3.8) is 0 Å². The monoisotopic (exact) mass is 426 g/mol. The number of halogens is 2. The van der Waals surface area contributed by atoms with Gasteiger partial charge in [-0.15, -0.1) is 0 Å². The van der Waals surface area contributed by atoms with E-state index in [2.05, 4.69) is 16.4 Å². The third-order valence-electron chi connectivity index (χ3n) is 5.76. The van der Waals surface area contributed by atoms with Gasteiger partial charge in [-0.1, -0.05) is 35.3 Å². The first-order valence-electron chi connectivity index (χ1n) is 9.42. The van der Waals surface area contributed by atoms with E-state index in [4.69, 9.17) is 23.2 Å². The molecule has 1 amide bonds. The minimum Gasteiger partial charge on any atom is -0.350 e. The number of carbonyl (C=O) groups excluding carboxylic acids is 1. The minimum atomic E-state index is -0.541. The number of nitrogens with zero attached hydrogens (tertiary/aromatic N) is 2. The highest BCUT2D eigenvalue weighted by Crippen LogP contribution is 2.37. The second-order valence-electron chi connectivity index (χ2n) is 7.37. The van der Waals surface area contributed by atoms with Crippen LogP contribution >= 0.6 is 23.2 Å². The van der Waals surface area contributed by atoms with Crippen molar-refractivity contribution in [3.05, 3.63) is 69.3 Å². The molecule has 7 heteroatoms. The molecule has 0 saturated carbocycles. The van der Waals surface area contributed by atoms with Crippen molar-refractivity contribution in [1.29, 1.82) is 5.26 Å². The fourth-order valence-electron chi connectivity index (χ4n) is 4.13. The number of carbonyl (C=O) groups is 1. The molecule has 0 spiro atoms. The summed E-state index contributed by atoms with van der Waals surface area (Å²) in [5.41, 5.74) is 2.21. The van der Waals surface area contributed by atoms with E-state index < -0.39 is 5.54 Å². The minimum absolute atomic E-state index is 0.139. The SMILES string of the molecule is CN(C(=O)c1cc2c(Cl)c(Cl)ccc2[nH]1)C1(c2cccc(C#N)c2)CCCNC1. The van der Waals surface area contributed by atoms with Gasteiger partial charge in [-0.05, 0) is 55.3 Å². The molecule has 0 radical (unpaired) electrons. The summed E-state index contributed by atoms with van der Waals surface area (Å²) in [6.07, 6.45) is 1.74. The number of likely N-dealkylation sites (N-methyl/N-ethyl adjacent to an activating group) is 1. The Morgan fingerprint density at radius 3 is 2.79 bits per heavy atom. The Morgan fingerprint density at radius 2 is 2.07 bits per heavy atom. The van der Waals surface area contributed by atoms with Crippen molar-refractivity contribution in [2.45, 2.75) is 18.4 Å². The number of benzene rings is 2. The Labute approximate surface area is 179 Å². The summed E-state index contributed by atoms with van der Waals surface area (Å²) in [5, 5.41) is 14.3. The number of fused-ring (bicyclic) bond motifs is 1. The number of hydrogen-bond acceptors (Lipinski definition) is 3. The molecule has 0 bridgehead atoms. The van der Waals surface area contributed by atoms with Crippen LogP contribution in [0.3, 0.4) is 0 Å². The normalized spacial score (nSPS) is 19.1. The number of rotatable bonds is 3. The van der Waals surface area contributed by atoms with E-state index in [0.29, 0.717) is 27.8 Å². The third-order valence-corrected chi connectivity index (χ3v) is 6.58. The Kier molecular flexibility index (Phi) is 5.26. The average molecular weight is 427 g/mol. The second-order valence-corrected chi connectivity index (χ2v) is 8.16. The highest BCUT2D eigenvalue weighted by Gasteiger charge is 2.41. The standard InChI is InChI=1S/C22H20Cl2N4O/c1-28(21(29)19-11-16-18(27-19)7-6-17(23)20(16)24)22(8-3-9-26-13-22)15-5-2-4-14(10-15)12-25/h2,4-7,10-11,26-27H,3,8-9,13H2,1H3. The summed E-state index contributed by atoms with van der Waals surface area (Å²) in [4.78, 5) is 18.4. The van der Waals surface area contributed by atoms with Crippen molar-refractivity contribution in [3.8, 4) is 6.07 Å². The van der Waals surface area contributed by atoms with Gasteiger partial charge in [0.25, 0.3) is 5.91 Å². The number of piperidine rings is 1. The summed E-state index contributed by atoms with van der Waals surface area (Å²) >= 11 is 12.4. The molecule has 5 nitrogen and oxygen atoms in total. The van der Waals surface area contributed by atoms with Crippen LogP contribution < -0.4 is 5.32 Å². The molecule has 4 rings (SSSR count). The molecule has 29 heavy (non-hydrogen) atoms. The van der Waals surface area contributed by atoms with Gasteiger partial charge in [-0.25, -0.2) is 0 Å². The first-order chi connectivity index (χ1) is 14.0. The van der Waals surface area contributed by atoms with Gasteiger partial charge in [0.1, 0.15) is 5.69 Å². The molecule has 1 atom stereocenters. The molecule has 1 saturated heterocycles. The molecule has 1 aromatic heterocycles. The lowest BCUT2D eigenvalue weighted by molar-refractivity contribution is 0.0467. The van der Waals surface area contributed by atoms with Crippen LogP contribution in [0.15, 0.2) is 42.5 Å². The first kappa shape index (κ1) is 19.8. The third kappa shape index (κ3) is 3.38. The lowest BCUT2D eigenvalue weighted by atomic mass is 9.81. The van der Waals surface area contributed by atoms with Crippen LogP contribution in [0.4, 0.5) is 0 Å². The highest BCUT2D eigenvalue weighted by atomic mass is 35.5. The van der Waals surface area contributed by atoms with Crippen LogP contribution in [0.1, 0.15) is 34.5 Å². The summed E-state index contributed by atoms with van der Waals surface area (Å²) in [6, 6.07) is 15.0. The smallest absolute Gasteiger partial charge is 0.270 e. The molecular weight excluding hydrogens is 407 g/mol. The first-order valence-corrected chi connectivity index (χ1v) is 10.2. The lowest BCUT2D eigenvalue weighted by Crippen LogP contribution is -2.56. The fourth-order valence-corrected chi connectivity index (χ4v) is 4.51. The van der Waals surface area contributed by atoms with Gasteiger partial charge in [-0.3, -0.25) is 4.79 Å². The van der Waals surface area contributed by atoms with E-state index in [9.17, 15) is 10.1 Å². The van der Waals surface area contributed by atoms with E-state index in [1.54, 1.807) is 23.1 Å². The van der Waals surface area contributed by atoms with Gasteiger partial charge in [0.2, 0.25) is 0 Å². The molecule has 1 aliphatic rings. The van der Waals surface area contributed by atoms with Crippen LogP contribution in [0, 0.1) is 11.3 Å². The van der Waals surface area contributed by atoms with Crippen molar-refractivity contribution in [2.75, 3.05) is 20.1 Å². The van der Waals surface area contributed by atoms with Crippen LogP contribution in [0.2, 0.25) is 10.0 Å². The fraction of sp³-hybridized carbons (Fsp3) is 0.273. The van der Waals surface area contributed by atoms with Crippen LogP contribution in [-0.4, -0.2) is 35.9 Å². The highest BCUT2D eigenvalue weighted by molar-refractivity contribution is 6.45. The van der Waals surface area contributed by atoms with E-state index in [1.165, 1.54) is 0 Å². The van der Waals surface area contributed by atoms with Crippen molar-refractivity contribution < 1.29 is 4.79 Å². The molecule has 3 aromatic rings. The number of nitrogens with one attached hydrogen (secondary N) is 2. The quantitative estimate of drug-likeness (QED) is 0.637. The van der Waals surface area contributed by atoms with E-state index in [-0.39, 0.29) is 5.91 Å². The average Bonchev–Trinajstić information content (AvgIpc) is 3.21. The molecule has 2 heterocycles. The summed E-state index contributed by atoms with van der Waals surface area (Å²) in [5.74, 6) is -0.139. The number of amides is 1. The number of aromatic nitrogens is 1. The maximum Gasteiger partial charge on any atom is 0.270 e. The van der Waals surface area contributed by atoms with Gasteiger partial charge in [0, 0.05) is 24.5 Å². The Hall–Kier alpha value is -2.52. The second kappa shape index (κ2) is 7.72. The molecule has 1 fully saturated rings. The van der Waals surface area contributed by atoms with Gasteiger partial charge in [-0.2, -0.15) is 5.26 Å². The van der Waals surface area contributed by atoms with Gasteiger partial charge in [0.15, 0.2) is 0 Å². The topological polar surface area (TPSA) is 71.9 Å². The molecular formula is C22H20Cl2N4O. The summed E-state index contributed by atoms with van der Waals surface area (Å²) in [7, 11) is 1.81. The van der Waals surface area contributed by atoms with E-state index in [0.717, 1.165) is 35.9 Å². The Bertz CT molecular complexity index is 1130. The van der Waals surface area contributed by atoms with Gasteiger partial charge < -0.3 is 15.2 Å². The number of H-pyrrole nitrogens is 1. The Balaban J connectivity index is 1.76. The Morgan fingerprint density at radius 1 is 1.24 bits per heavy atom. The van der Waals surface area contributed by atoms with Gasteiger partial charge >= 0.3 is 0 Å². The van der Waals surface area contributed by atoms with Crippen LogP contribution in [0.25, 0.3) is 10.9 Å². The van der Waals surface area contributed by atoms with Gasteiger partial charge in [0.05, 0.1) is 27.2 Å². The molecule has 1 unspecified atom stereocenters. The predicted molar refractivity (Wildman–Crippen MR) is 115 cm³/mol.